The van der Waals surface area contributed by atoms with Gasteiger partial charge in [-0.2, -0.15) is 0 Å². The average Bonchev–Trinajstić information content (AvgIpc) is 3.34. The normalized spacial score (nSPS) is 25.4. The number of hydrogen-bond acceptors (Lipinski definition) is 6. The minimum atomic E-state index is -0.226. The van der Waals surface area contributed by atoms with Crippen molar-refractivity contribution < 1.29 is 19.1 Å². The van der Waals surface area contributed by atoms with Crippen LogP contribution in [0, 0.1) is 11.8 Å². The Bertz CT molecular complexity index is 900. The van der Waals surface area contributed by atoms with Gasteiger partial charge in [0.1, 0.15) is 0 Å². The molecule has 8 nitrogen and oxygen atoms in total. The molecular weight excluding hydrogens is 440 g/mol. The number of carbonyl (C=O) groups is 3. The molecule has 2 N–H and O–H groups in total. The maximum absolute atomic E-state index is 13.1. The predicted molar refractivity (Wildman–Crippen MR) is 127 cm³/mol. The third-order valence-corrected chi connectivity index (χ3v) is 7.33. The van der Waals surface area contributed by atoms with Crippen molar-refractivity contribution in [1.29, 1.82) is 0 Å². The summed E-state index contributed by atoms with van der Waals surface area (Å²) in [6.45, 7) is 4.11. The Labute approximate surface area is 200 Å². The maximum Gasteiger partial charge on any atom is 0.308 e. The van der Waals surface area contributed by atoms with E-state index in [1.165, 1.54) is 20.0 Å². The van der Waals surface area contributed by atoms with Crippen molar-refractivity contribution in [2.45, 2.75) is 44.7 Å². The highest BCUT2D eigenvalue weighted by Crippen LogP contribution is 2.34. The number of ether oxygens (including phenoxy) is 1. The zero-order chi connectivity index (χ0) is 23.4. The Morgan fingerprint density at radius 2 is 1.91 bits per heavy atom. The molecule has 178 valence electrons. The lowest BCUT2D eigenvalue weighted by Gasteiger charge is -2.43. The topological polar surface area (TPSA) is 91.0 Å². The Hall–Kier alpha value is -2.52. The third-order valence-electron chi connectivity index (χ3n) is 6.99. The van der Waals surface area contributed by atoms with Crippen LogP contribution in [0.1, 0.15) is 48.0 Å². The number of esters is 1. The Morgan fingerprint density at radius 1 is 1.18 bits per heavy atom. The van der Waals surface area contributed by atoms with Crippen LogP contribution < -0.4 is 10.6 Å². The molecule has 2 aliphatic heterocycles. The first-order chi connectivity index (χ1) is 16.0. The van der Waals surface area contributed by atoms with Crippen LogP contribution in [0.2, 0.25) is 0 Å². The Balaban J connectivity index is 1.30. The summed E-state index contributed by atoms with van der Waals surface area (Å²) in [5.41, 5.74) is 1.51. The molecular formula is C24H32N4O4S. The fraction of sp³-hybridized carbons (Fsp3) is 0.583. The van der Waals surface area contributed by atoms with Gasteiger partial charge in [-0.05, 0) is 75.1 Å². The zero-order valence-electron chi connectivity index (χ0n) is 19.0. The van der Waals surface area contributed by atoms with E-state index in [4.69, 9.17) is 17.0 Å². The molecule has 0 radical (unpaired) electrons. The second kappa shape index (κ2) is 10.6. The van der Waals surface area contributed by atoms with Crippen molar-refractivity contribution in [1.82, 2.24) is 20.4 Å². The minimum Gasteiger partial charge on any atom is -0.469 e. The summed E-state index contributed by atoms with van der Waals surface area (Å²) in [6.07, 6.45) is 4.31. The SMILES string of the molecule is COC(=O)C1CCC2C(=O)N(Cc3ccc(C(=O)NCCN4CCCC4)cc3)C(=S)NC2C1. The molecule has 1 aromatic carbocycles. The summed E-state index contributed by atoms with van der Waals surface area (Å²) in [5.74, 6) is -0.706. The molecule has 9 heteroatoms. The predicted octanol–water partition coefficient (Wildman–Crippen LogP) is 1.69. The summed E-state index contributed by atoms with van der Waals surface area (Å²) < 4.78 is 4.87. The molecule has 3 atom stereocenters. The number of nitrogens with one attached hydrogen (secondary N) is 2. The van der Waals surface area contributed by atoms with Crippen molar-refractivity contribution in [2.75, 3.05) is 33.3 Å². The Kier molecular flexibility index (Phi) is 7.60. The van der Waals surface area contributed by atoms with E-state index < -0.39 is 0 Å². The number of rotatable bonds is 7. The molecule has 0 spiro atoms. The van der Waals surface area contributed by atoms with Crippen LogP contribution in [-0.4, -0.2) is 72.0 Å². The van der Waals surface area contributed by atoms with Crippen LogP contribution in [0.25, 0.3) is 0 Å². The van der Waals surface area contributed by atoms with Crippen LogP contribution in [0.4, 0.5) is 0 Å². The number of methoxy groups -OCH3 is 1. The summed E-state index contributed by atoms with van der Waals surface area (Å²) in [4.78, 5) is 41.4. The largest absolute Gasteiger partial charge is 0.469 e. The van der Waals surface area contributed by atoms with E-state index in [1.54, 1.807) is 17.0 Å². The minimum absolute atomic E-state index is 0.00389. The first-order valence-electron chi connectivity index (χ1n) is 11.8. The van der Waals surface area contributed by atoms with Gasteiger partial charge in [0.25, 0.3) is 5.91 Å². The second-order valence-corrected chi connectivity index (χ2v) is 9.51. The monoisotopic (exact) mass is 472 g/mol. The van der Waals surface area contributed by atoms with E-state index in [1.807, 2.05) is 12.1 Å². The first-order valence-corrected chi connectivity index (χ1v) is 12.2. The summed E-state index contributed by atoms with van der Waals surface area (Å²) in [5, 5.41) is 6.63. The molecule has 3 unspecified atom stereocenters. The van der Waals surface area contributed by atoms with Gasteiger partial charge in [0.05, 0.1) is 25.5 Å². The molecule has 0 bridgehead atoms. The van der Waals surface area contributed by atoms with Gasteiger partial charge >= 0.3 is 5.97 Å². The number of fused-ring (bicyclic) bond motifs is 1. The number of amides is 2. The van der Waals surface area contributed by atoms with Gasteiger partial charge in [0.15, 0.2) is 5.11 Å². The van der Waals surface area contributed by atoms with Crippen LogP contribution in [0.15, 0.2) is 24.3 Å². The lowest BCUT2D eigenvalue weighted by molar-refractivity contribution is -0.149. The quantitative estimate of drug-likeness (QED) is 0.461. The lowest BCUT2D eigenvalue weighted by Crippen LogP contribution is -2.61. The van der Waals surface area contributed by atoms with Crippen LogP contribution in [0.5, 0.6) is 0 Å². The van der Waals surface area contributed by atoms with Crippen LogP contribution in [-0.2, 0) is 20.9 Å². The van der Waals surface area contributed by atoms with Crippen LogP contribution >= 0.6 is 12.2 Å². The van der Waals surface area contributed by atoms with E-state index in [-0.39, 0.29) is 35.7 Å². The summed E-state index contributed by atoms with van der Waals surface area (Å²) in [7, 11) is 1.39. The summed E-state index contributed by atoms with van der Waals surface area (Å²) in [6, 6.07) is 7.17. The van der Waals surface area contributed by atoms with E-state index in [0.717, 1.165) is 25.2 Å². The molecule has 2 heterocycles. The third kappa shape index (κ3) is 5.52. The van der Waals surface area contributed by atoms with Gasteiger partial charge in [0, 0.05) is 24.7 Å². The number of thiocarbonyl (C=S) groups is 1. The van der Waals surface area contributed by atoms with Crippen molar-refractivity contribution in [3.05, 3.63) is 35.4 Å². The highest BCUT2D eigenvalue weighted by Gasteiger charge is 2.44. The number of nitrogens with zero attached hydrogens (tertiary/aromatic N) is 2. The van der Waals surface area contributed by atoms with E-state index in [2.05, 4.69) is 15.5 Å². The van der Waals surface area contributed by atoms with Gasteiger partial charge < -0.3 is 20.3 Å². The second-order valence-electron chi connectivity index (χ2n) is 9.12. The summed E-state index contributed by atoms with van der Waals surface area (Å²) >= 11 is 5.47. The molecule has 4 rings (SSSR count). The number of hydrogen-bond donors (Lipinski definition) is 2. The van der Waals surface area contributed by atoms with Crippen molar-refractivity contribution in [3.63, 3.8) is 0 Å². The fourth-order valence-electron chi connectivity index (χ4n) is 5.07. The molecule has 1 aromatic rings. The lowest BCUT2D eigenvalue weighted by atomic mass is 9.76. The fourth-order valence-corrected chi connectivity index (χ4v) is 5.38. The van der Waals surface area contributed by atoms with Gasteiger partial charge in [-0.1, -0.05) is 12.1 Å². The average molecular weight is 473 g/mol. The van der Waals surface area contributed by atoms with Gasteiger partial charge in [-0.15, -0.1) is 0 Å². The molecule has 3 aliphatic rings. The van der Waals surface area contributed by atoms with Gasteiger partial charge in [0.2, 0.25) is 5.91 Å². The van der Waals surface area contributed by atoms with Crippen molar-refractivity contribution in [2.24, 2.45) is 11.8 Å². The Morgan fingerprint density at radius 3 is 2.61 bits per heavy atom. The van der Waals surface area contributed by atoms with Crippen molar-refractivity contribution in [3.8, 4) is 0 Å². The molecule has 0 aromatic heterocycles. The van der Waals surface area contributed by atoms with Crippen molar-refractivity contribution >= 4 is 35.1 Å². The van der Waals surface area contributed by atoms with E-state index in [9.17, 15) is 14.4 Å². The zero-order valence-corrected chi connectivity index (χ0v) is 19.9. The van der Waals surface area contributed by atoms with Crippen LogP contribution in [0.3, 0.4) is 0 Å². The standard InChI is InChI=1S/C24H32N4O4S/c1-32-23(31)18-8-9-19-20(14-18)26-24(33)28(22(19)30)15-16-4-6-17(7-5-16)21(29)25-10-13-27-11-2-3-12-27/h4-7,18-20H,2-3,8-15H2,1H3,(H,25,29)(H,26,33). The molecule has 3 fully saturated rings. The molecule has 2 amide bonds. The van der Waals surface area contributed by atoms with E-state index in [0.29, 0.717) is 43.0 Å². The highest BCUT2D eigenvalue weighted by molar-refractivity contribution is 7.80. The number of carbonyl (C=O) groups excluding carboxylic acids is 3. The van der Waals surface area contributed by atoms with Gasteiger partial charge in [-0.25, -0.2) is 0 Å². The first kappa shape index (κ1) is 23.6. The molecule has 1 aliphatic carbocycles. The number of benzene rings is 1. The molecule has 2 saturated heterocycles. The number of likely N-dealkylation sites (tertiary alicyclic amines) is 1. The smallest absolute Gasteiger partial charge is 0.308 e. The highest BCUT2D eigenvalue weighted by atomic mass is 32.1. The van der Waals surface area contributed by atoms with E-state index >= 15 is 0 Å². The molecule has 1 saturated carbocycles. The van der Waals surface area contributed by atoms with Gasteiger partial charge in [-0.3, -0.25) is 19.3 Å². The maximum atomic E-state index is 13.1. The molecule has 33 heavy (non-hydrogen) atoms.